The van der Waals surface area contributed by atoms with Gasteiger partial charge in [0.2, 0.25) is 0 Å². The summed E-state index contributed by atoms with van der Waals surface area (Å²) in [4.78, 5) is 19.6. The molecule has 180 valence electrons. The summed E-state index contributed by atoms with van der Waals surface area (Å²) in [5.74, 6) is -0.269. The molecule has 0 saturated heterocycles. The van der Waals surface area contributed by atoms with Crippen molar-refractivity contribution in [3.8, 4) is 0 Å². The predicted molar refractivity (Wildman–Crippen MR) is 133 cm³/mol. The molecule has 0 bridgehead atoms. The summed E-state index contributed by atoms with van der Waals surface area (Å²) in [6, 6.07) is 14.5. The molecule has 2 aromatic rings. The molecule has 0 fully saturated rings. The van der Waals surface area contributed by atoms with E-state index < -0.39 is 21.8 Å². The molecule has 0 spiro atoms. The summed E-state index contributed by atoms with van der Waals surface area (Å²) >= 11 is 6.24. The van der Waals surface area contributed by atoms with Crippen LogP contribution in [0, 0.1) is 6.57 Å². The Hall–Kier alpha value is -3.58. The van der Waals surface area contributed by atoms with Gasteiger partial charge in [0, 0.05) is 29.4 Å². The van der Waals surface area contributed by atoms with Crippen molar-refractivity contribution in [3.05, 3.63) is 100.0 Å². The molecule has 0 amide bonds. The van der Waals surface area contributed by atoms with Crippen molar-refractivity contribution in [2.24, 2.45) is 0 Å². The molecule has 0 N–H and O–H groups in total. The highest BCUT2D eigenvalue weighted by molar-refractivity contribution is 7.85. The molecule has 2 aliphatic heterocycles. The van der Waals surface area contributed by atoms with E-state index in [1.54, 1.807) is 36.4 Å². The standard InChI is InChI=1S/C25H22ClN3O5S/c1-3-28-19-11-10-18(26)16-20(19)29(14-7-15-35(31,32)33)22(28)13-12-21-23(17-8-5-4-6-9-17)24(27-2)25(30)34-21/h4-6,8-13,16H,3,7,14-15H2,1H3,(H,31,32,33)/p-1/b21-12-,22-13+. The second-order valence-electron chi connectivity index (χ2n) is 7.79. The van der Waals surface area contributed by atoms with Gasteiger partial charge in [0.05, 0.1) is 28.1 Å². The minimum atomic E-state index is -4.36. The van der Waals surface area contributed by atoms with Crippen LogP contribution in [0.4, 0.5) is 11.4 Å². The van der Waals surface area contributed by atoms with Crippen LogP contribution in [0.15, 0.2) is 78.0 Å². The first-order chi connectivity index (χ1) is 16.7. The van der Waals surface area contributed by atoms with E-state index in [1.165, 1.54) is 0 Å². The smallest absolute Gasteiger partial charge is 0.342 e. The van der Waals surface area contributed by atoms with Crippen LogP contribution < -0.4 is 9.80 Å². The van der Waals surface area contributed by atoms with E-state index in [0.29, 0.717) is 28.5 Å². The van der Waals surface area contributed by atoms with Crippen LogP contribution in [0.3, 0.4) is 0 Å². The molecule has 35 heavy (non-hydrogen) atoms. The predicted octanol–water partition coefficient (Wildman–Crippen LogP) is 4.53. The Morgan fingerprint density at radius 2 is 1.86 bits per heavy atom. The molecule has 0 atom stereocenters. The average molecular weight is 511 g/mol. The highest BCUT2D eigenvalue weighted by atomic mass is 35.5. The number of carbonyl (C=O) groups excluding carboxylic acids is 1. The van der Waals surface area contributed by atoms with E-state index in [0.717, 1.165) is 11.4 Å². The Morgan fingerprint density at radius 3 is 2.51 bits per heavy atom. The summed E-state index contributed by atoms with van der Waals surface area (Å²) in [6.45, 7) is 10.3. The van der Waals surface area contributed by atoms with Crippen molar-refractivity contribution in [2.45, 2.75) is 13.3 Å². The highest BCUT2D eigenvalue weighted by Crippen LogP contribution is 2.43. The number of benzene rings is 2. The van der Waals surface area contributed by atoms with Crippen LogP contribution in [-0.4, -0.2) is 37.8 Å². The summed E-state index contributed by atoms with van der Waals surface area (Å²) in [6.07, 6.45) is 3.50. The van der Waals surface area contributed by atoms with Crippen LogP contribution in [0.25, 0.3) is 10.4 Å². The number of fused-ring (bicyclic) bond motifs is 1. The Bertz CT molecular complexity index is 1410. The fourth-order valence-corrected chi connectivity index (χ4v) is 4.80. The number of cyclic esters (lactones) is 1. The molecule has 4 rings (SSSR count). The Kier molecular flexibility index (Phi) is 6.98. The monoisotopic (exact) mass is 510 g/mol. The lowest BCUT2D eigenvalue weighted by Gasteiger charge is -2.24. The second kappa shape index (κ2) is 9.96. The van der Waals surface area contributed by atoms with Gasteiger partial charge in [-0.1, -0.05) is 41.9 Å². The fraction of sp³-hybridized carbons (Fsp3) is 0.200. The van der Waals surface area contributed by atoms with E-state index in [4.69, 9.17) is 22.9 Å². The maximum Gasteiger partial charge on any atom is 0.342 e. The van der Waals surface area contributed by atoms with Crippen LogP contribution >= 0.6 is 11.6 Å². The molecule has 0 unspecified atom stereocenters. The first kappa shape index (κ1) is 24.5. The first-order valence-corrected chi connectivity index (χ1v) is 12.8. The molecule has 10 heteroatoms. The SMILES string of the molecule is [C-]#[N+]C1=C(c2ccccc2)/C(=C/C=C2\N(CC)c3ccc(Cl)cc3N2CCCS(=O)(=O)[O-])OC1=O. The molecular formula is C25H21ClN3O5S-. The van der Waals surface area contributed by atoms with Gasteiger partial charge in [-0.3, -0.25) is 4.79 Å². The molecule has 2 heterocycles. The zero-order valence-corrected chi connectivity index (χ0v) is 20.3. The minimum Gasteiger partial charge on any atom is -0.748 e. The topological polar surface area (TPSA) is 94.3 Å². The molecule has 2 aliphatic rings. The Morgan fingerprint density at radius 1 is 1.11 bits per heavy atom. The average Bonchev–Trinajstić information content (AvgIpc) is 3.30. The van der Waals surface area contributed by atoms with Crippen molar-refractivity contribution < 1.29 is 22.5 Å². The van der Waals surface area contributed by atoms with Crippen molar-refractivity contribution in [3.63, 3.8) is 0 Å². The largest absolute Gasteiger partial charge is 0.748 e. The number of hydrogen-bond donors (Lipinski definition) is 0. The second-order valence-corrected chi connectivity index (χ2v) is 9.75. The third-order valence-corrected chi connectivity index (χ3v) is 6.63. The van der Waals surface area contributed by atoms with Gasteiger partial charge in [-0.05, 0) is 49.3 Å². The number of carbonyl (C=O) groups is 1. The van der Waals surface area contributed by atoms with Gasteiger partial charge in [-0.25, -0.2) is 13.3 Å². The number of nitrogens with zero attached hydrogens (tertiary/aromatic N) is 3. The van der Waals surface area contributed by atoms with Crippen molar-refractivity contribution in [2.75, 3.05) is 28.6 Å². The Balaban J connectivity index is 1.77. The van der Waals surface area contributed by atoms with Gasteiger partial charge < -0.3 is 19.1 Å². The summed E-state index contributed by atoms with van der Waals surface area (Å²) < 4.78 is 38.9. The van der Waals surface area contributed by atoms with E-state index >= 15 is 0 Å². The molecule has 0 saturated carbocycles. The summed E-state index contributed by atoms with van der Waals surface area (Å²) in [7, 11) is -4.36. The van der Waals surface area contributed by atoms with E-state index in [9.17, 15) is 17.8 Å². The van der Waals surface area contributed by atoms with Gasteiger partial charge in [0.15, 0.2) is 0 Å². The van der Waals surface area contributed by atoms with Crippen molar-refractivity contribution >= 4 is 44.6 Å². The number of esters is 1. The highest BCUT2D eigenvalue weighted by Gasteiger charge is 2.33. The summed E-state index contributed by atoms with van der Waals surface area (Å²) in [5.41, 5.74) is 2.65. The lowest BCUT2D eigenvalue weighted by Crippen LogP contribution is -2.29. The molecule has 2 aromatic carbocycles. The third-order valence-electron chi connectivity index (χ3n) is 5.60. The van der Waals surface area contributed by atoms with Gasteiger partial charge in [0.1, 0.15) is 11.6 Å². The zero-order valence-electron chi connectivity index (χ0n) is 18.8. The number of rotatable bonds is 7. The van der Waals surface area contributed by atoms with Gasteiger partial charge in [-0.2, -0.15) is 0 Å². The third kappa shape index (κ3) is 5.10. The minimum absolute atomic E-state index is 0.0906. The van der Waals surface area contributed by atoms with E-state index in [1.807, 2.05) is 41.0 Å². The van der Waals surface area contributed by atoms with Crippen LogP contribution in [-0.2, 0) is 19.6 Å². The normalized spacial score (nSPS) is 17.8. The quantitative estimate of drug-likeness (QED) is 0.307. The number of hydrogen-bond acceptors (Lipinski definition) is 7. The Labute approximate surface area is 208 Å². The lowest BCUT2D eigenvalue weighted by atomic mass is 10.0. The van der Waals surface area contributed by atoms with Gasteiger partial charge in [0.25, 0.3) is 5.70 Å². The van der Waals surface area contributed by atoms with Crippen molar-refractivity contribution in [1.82, 2.24) is 0 Å². The number of halogens is 1. The molecule has 0 aliphatic carbocycles. The first-order valence-electron chi connectivity index (χ1n) is 10.8. The molecule has 0 radical (unpaired) electrons. The van der Waals surface area contributed by atoms with Gasteiger partial charge >= 0.3 is 5.97 Å². The molecular weight excluding hydrogens is 490 g/mol. The lowest BCUT2D eigenvalue weighted by molar-refractivity contribution is -0.132. The van der Waals surface area contributed by atoms with E-state index in [-0.39, 0.29) is 24.4 Å². The van der Waals surface area contributed by atoms with Crippen LogP contribution in [0.2, 0.25) is 5.02 Å². The molecule has 0 aromatic heterocycles. The number of allylic oxidation sites excluding steroid dienone is 3. The summed E-state index contributed by atoms with van der Waals surface area (Å²) in [5, 5.41) is 0.515. The maximum atomic E-state index is 12.4. The zero-order chi connectivity index (χ0) is 25.2. The number of anilines is 2. The van der Waals surface area contributed by atoms with Crippen LogP contribution in [0.5, 0.6) is 0 Å². The van der Waals surface area contributed by atoms with Crippen molar-refractivity contribution in [1.29, 1.82) is 0 Å². The maximum absolute atomic E-state index is 12.4. The van der Waals surface area contributed by atoms with Gasteiger partial charge in [-0.15, -0.1) is 0 Å². The fourth-order valence-electron chi connectivity index (χ4n) is 4.15. The molecule has 8 nitrogen and oxygen atoms in total. The van der Waals surface area contributed by atoms with Crippen LogP contribution in [0.1, 0.15) is 18.9 Å². The number of ether oxygens (including phenoxy) is 1. The van der Waals surface area contributed by atoms with E-state index in [2.05, 4.69) is 4.85 Å².